The van der Waals surface area contributed by atoms with Crippen LogP contribution in [0, 0.1) is 0 Å². The molecule has 2 N–H and O–H groups in total. The molecule has 2 aliphatic rings. The van der Waals surface area contributed by atoms with E-state index in [0.717, 1.165) is 68.4 Å². The molecule has 1 unspecified atom stereocenters. The van der Waals surface area contributed by atoms with E-state index >= 15 is 0 Å². The summed E-state index contributed by atoms with van der Waals surface area (Å²) in [5.41, 5.74) is 4.88. The third-order valence-corrected chi connectivity index (χ3v) is 9.40. The number of hydrogen-bond acceptors (Lipinski definition) is 9. The van der Waals surface area contributed by atoms with E-state index in [1.54, 1.807) is 0 Å². The first-order chi connectivity index (χ1) is 21.2. The Morgan fingerprint density at radius 3 is 2.23 bits per heavy atom. The number of benzene rings is 2. The molecule has 14 heteroatoms. The molecule has 12 nitrogen and oxygen atoms in total. The topological polar surface area (TPSA) is 119 Å². The molecule has 0 spiro atoms. The van der Waals surface area contributed by atoms with Crippen LogP contribution in [0.3, 0.4) is 0 Å². The molecule has 2 aliphatic heterocycles. The van der Waals surface area contributed by atoms with Crippen molar-refractivity contribution in [1.82, 2.24) is 24.2 Å². The molecule has 226 valence electrons. The Bertz CT molecular complexity index is 1510. The summed E-state index contributed by atoms with van der Waals surface area (Å²) in [6, 6.07) is 14.9. The van der Waals surface area contributed by atoms with Gasteiger partial charge in [0.2, 0.25) is 0 Å². The lowest BCUT2D eigenvalue weighted by atomic mass is 10.2. The van der Waals surface area contributed by atoms with Gasteiger partial charge in [0.15, 0.2) is 17.3 Å². The normalized spacial score (nSPS) is 16.3. The maximum Gasteiger partial charge on any atom is 0.323 e. The van der Waals surface area contributed by atoms with Gasteiger partial charge in [-0.2, -0.15) is 0 Å². The lowest BCUT2D eigenvalue weighted by Crippen LogP contribution is -2.38. The number of carbonyl (C=O) groups is 1. The summed E-state index contributed by atoms with van der Waals surface area (Å²) in [5, 5.41) is 5.78. The molecule has 2 saturated heterocycles. The average molecular weight is 717 g/mol. The minimum absolute atomic E-state index is 0.320. The van der Waals surface area contributed by atoms with E-state index in [4.69, 9.17) is 24.2 Å². The number of nitrogens with zero attached hydrogens (tertiary/aromatic N) is 6. The van der Waals surface area contributed by atoms with Crippen molar-refractivity contribution in [1.29, 1.82) is 0 Å². The van der Waals surface area contributed by atoms with E-state index in [1.165, 1.54) is 0 Å². The van der Waals surface area contributed by atoms with Crippen molar-refractivity contribution in [3.63, 3.8) is 0 Å². The van der Waals surface area contributed by atoms with Crippen LogP contribution >= 0.6 is 28.4 Å². The maximum atomic E-state index is 12.7. The fourth-order valence-corrected chi connectivity index (χ4v) is 6.47. The Morgan fingerprint density at radius 2 is 1.56 bits per heavy atom. The van der Waals surface area contributed by atoms with Crippen LogP contribution in [0.15, 0.2) is 54.9 Å². The van der Waals surface area contributed by atoms with E-state index in [1.807, 2.05) is 54.9 Å². The number of urea groups is 1. The molecule has 4 heterocycles. The summed E-state index contributed by atoms with van der Waals surface area (Å²) >= 11 is 2.34. The van der Waals surface area contributed by atoms with Crippen molar-refractivity contribution >= 4 is 62.8 Å². The molecule has 0 aliphatic carbocycles. The number of imidazole rings is 1. The zero-order valence-electron chi connectivity index (χ0n) is 23.7. The monoisotopic (exact) mass is 716 g/mol. The van der Waals surface area contributed by atoms with Gasteiger partial charge in [-0.1, -0.05) is 12.1 Å². The fraction of sp³-hybridized carbons (Fsp3) is 0.379. The van der Waals surface area contributed by atoms with Gasteiger partial charge < -0.3 is 29.7 Å². The Balaban J connectivity index is 1.04. The predicted octanol–water partition coefficient (Wildman–Crippen LogP) is 4.61. The van der Waals surface area contributed by atoms with Crippen molar-refractivity contribution in [3.05, 3.63) is 60.4 Å². The van der Waals surface area contributed by atoms with Crippen LogP contribution in [0.4, 0.5) is 22.0 Å². The van der Waals surface area contributed by atoms with Crippen molar-refractivity contribution < 1.29 is 19.0 Å². The van der Waals surface area contributed by atoms with E-state index in [2.05, 4.69) is 51.8 Å². The second-order valence-corrected chi connectivity index (χ2v) is 12.3. The first kappa shape index (κ1) is 30.1. The van der Waals surface area contributed by atoms with Crippen molar-refractivity contribution in [2.75, 3.05) is 81.3 Å². The molecule has 43 heavy (non-hydrogen) atoms. The predicted molar refractivity (Wildman–Crippen MR) is 178 cm³/mol. The number of fused-ring (bicyclic) bond motifs is 1. The highest BCUT2D eigenvalue weighted by atomic mass is 127. The van der Waals surface area contributed by atoms with E-state index in [0.29, 0.717) is 55.6 Å². The van der Waals surface area contributed by atoms with Crippen LogP contribution in [-0.4, -0.2) is 96.0 Å². The average Bonchev–Trinajstić information content (AvgIpc) is 3.48. The highest BCUT2D eigenvalue weighted by Crippen LogP contribution is 2.34. The molecule has 0 saturated carbocycles. The summed E-state index contributed by atoms with van der Waals surface area (Å²) < 4.78 is 18.8. The highest BCUT2D eigenvalue weighted by Gasteiger charge is 2.21. The minimum Gasteiger partial charge on any atom is -0.379 e. The minimum atomic E-state index is -0.320. The summed E-state index contributed by atoms with van der Waals surface area (Å²) in [6.07, 6.45) is 2.31. The number of nitrogens with one attached hydrogen (secondary N) is 2. The molecule has 2 amide bonds. The van der Waals surface area contributed by atoms with Gasteiger partial charge in [-0.25, -0.2) is 19.7 Å². The first-order valence-corrected chi connectivity index (χ1v) is 18.3. The van der Waals surface area contributed by atoms with Gasteiger partial charge in [-0.15, -0.1) is 0 Å². The molecular formula is C29H34IN8O4P. The molecule has 2 fully saturated rings. The Labute approximate surface area is 264 Å². The standard InChI is InChI=1S/C29H34IN8O4P/c30-43-38-20-31-27-25(38)28(37-12-17-41-18-13-37)35-26(34-27)22-3-7-24(8-4-22)33-29(39)32-23-5-1-21(2-6-23)19-42-16-11-36-9-14-40-15-10-36/h1-8,20,43H,9-19H2,(H2,32,33,39). The lowest BCUT2D eigenvalue weighted by Gasteiger charge is -2.28. The third kappa shape index (κ3) is 7.78. The smallest absolute Gasteiger partial charge is 0.323 e. The maximum absolute atomic E-state index is 12.7. The molecule has 2 aromatic heterocycles. The number of ether oxygens (including phenoxy) is 3. The number of halogens is 1. The largest absolute Gasteiger partial charge is 0.379 e. The second kappa shape index (κ2) is 14.7. The number of anilines is 3. The van der Waals surface area contributed by atoms with Gasteiger partial charge >= 0.3 is 6.03 Å². The van der Waals surface area contributed by atoms with Crippen LogP contribution in [0.5, 0.6) is 0 Å². The van der Waals surface area contributed by atoms with Gasteiger partial charge in [0.05, 0.1) is 39.6 Å². The van der Waals surface area contributed by atoms with Gasteiger partial charge in [0, 0.05) is 56.0 Å². The Morgan fingerprint density at radius 1 is 0.907 bits per heavy atom. The number of aromatic nitrogens is 4. The van der Waals surface area contributed by atoms with Gasteiger partial charge in [0.25, 0.3) is 0 Å². The number of morpholine rings is 2. The first-order valence-electron chi connectivity index (χ1n) is 14.3. The van der Waals surface area contributed by atoms with Crippen molar-refractivity contribution in [3.8, 4) is 11.4 Å². The molecule has 1 atom stereocenters. The van der Waals surface area contributed by atoms with Crippen LogP contribution < -0.4 is 15.5 Å². The summed E-state index contributed by atoms with van der Waals surface area (Å²) in [7, 11) is 0. The lowest BCUT2D eigenvalue weighted by molar-refractivity contribution is 0.0180. The Kier molecular flexibility index (Phi) is 10.3. The molecule has 2 aromatic carbocycles. The summed E-state index contributed by atoms with van der Waals surface area (Å²) in [5.74, 6) is 1.47. The van der Waals surface area contributed by atoms with Crippen molar-refractivity contribution in [2.45, 2.75) is 6.61 Å². The van der Waals surface area contributed by atoms with Gasteiger partial charge in [-0.05, 0) is 64.0 Å². The molecule has 4 aromatic rings. The van der Waals surface area contributed by atoms with Crippen LogP contribution in [-0.2, 0) is 20.8 Å². The zero-order valence-corrected chi connectivity index (χ0v) is 26.8. The summed E-state index contributed by atoms with van der Waals surface area (Å²) in [4.78, 5) is 31.5. The molecule has 0 radical (unpaired) electrons. The number of hydrogen-bond donors (Lipinski definition) is 2. The summed E-state index contributed by atoms with van der Waals surface area (Å²) in [6.45, 7) is 8.50. The SMILES string of the molecule is O=C(Nc1ccc(COCCN2CCOCC2)cc1)Nc1ccc(-c2nc(N3CCOCC3)c3c(ncn3PI)n2)cc1. The molecule has 6 rings (SSSR count). The number of rotatable bonds is 10. The van der Waals surface area contributed by atoms with Gasteiger partial charge in [0.1, 0.15) is 11.8 Å². The highest BCUT2D eigenvalue weighted by molar-refractivity contribution is 14.2. The Hall–Kier alpha value is -2.94. The van der Waals surface area contributed by atoms with E-state index in [-0.39, 0.29) is 6.03 Å². The second-order valence-electron chi connectivity index (χ2n) is 10.2. The van der Waals surface area contributed by atoms with Crippen LogP contribution in [0.1, 0.15) is 5.56 Å². The molecular weight excluding hydrogens is 682 g/mol. The molecule has 0 bridgehead atoms. The van der Waals surface area contributed by atoms with E-state index in [9.17, 15) is 4.79 Å². The zero-order chi connectivity index (χ0) is 29.4. The van der Waals surface area contributed by atoms with Crippen LogP contribution in [0.25, 0.3) is 22.6 Å². The number of amides is 2. The van der Waals surface area contributed by atoms with Crippen molar-refractivity contribution in [2.24, 2.45) is 0 Å². The third-order valence-electron chi connectivity index (χ3n) is 7.32. The van der Waals surface area contributed by atoms with Gasteiger partial charge in [-0.3, -0.25) is 9.24 Å². The van der Waals surface area contributed by atoms with E-state index < -0.39 is 0 Å². The number of carbonyl (C=O) groups excluding carboxylic acids is 1. The quantitative estimate of drug-likeness (QED) is 0.138. The fourth-order valence-electron chi connectivity index (χ4n) is 4.98. The van der Waals surface area contributed by atoms with Crippen LogP contribution in [0.2, 0.25) is 0 Å².